The van der Waals surface area contributed by atoms with Crippen LogP contribution in [0.25, 0.3) is 0 Å². The summed E-state index contributed by atoms with van der Waals surface area (Å²) in [4.78, 5) is 51.1. The van der Waals surface area contributed by atoms with Crippen LogP contribution in [-0.4, -0.2) is 49.8 Å². The first-order chi connectivity index (χ1) is 15.8. The van der Waals surface area contributed by atoms with Crippen LogP contribution in [0.4, 0.5) is 4.79 Å². The van der Waals surface area contributed by atoms with Gasteiger partial charge in [0.25, 0.3) is 0 Å². The van der Waals surface area contributed by atoms with Gasteiger partial charge in [0.1, 0.15) is 6.61 Å². The number of ketones is 3. The molecule has 2 atom stereocenters. The fourth-order valence-corrected chi connectivity index (χ4v) is 3.97. The lowest BCUT2D eigenvalue weighted by atomic mass is 9.79. The Labute approximate surface area is 196 Å². The van der Waals surface area contributed by atoms with E-state index < -0.39 is 23.8 Å². The molecule has 1 aromatic carbocycles. The van der Waals surface area contributed by atoms with Gasteiger partial charge >= 0.3 is 6.09 Å². The molecule has 1 aliphatic carbocycles. The minimum atomic E-state index is -0.784. The standard InChI is InChI=1S/C26H37NO6/c1-18(2)14-22(27-26(31)33-13-12-32-3)23(28)17-21(15-19-8-5-4-6-9-19)25(30)24(29)16-20-10-7-11-20/h4-6,8-9,18,20-22H,7,10-17H2,1-3H3,(H,27,31)/t21-,22+/m1/s1. The minimum absolute atomic E-state index is 0.0791. The van der Waals surface area contributed by atoms with Crippen molar-refractivity contribution in [2.24, 2.45) is 17.8 Å². The maximum Gasteiger partial charge on any atom is 0.407 e. The molecule has 0 saturated heterocycles. The molecule has 33 heavy (non-hydrogen) atoms. The summed E-state index contributed by atoms with van der Waals surface area (Å²) in [5, 5.41) is 2.63. The molecule has 1 N–H and O–H groups in total. The Kier molecular flexibility index (Phi) is 11.2. The number of hydrogen-bond donors (Lipinski definition) is 1. The molecule has 1 fully saturated rings. The van der Waals surface area contributed by atoms with Crippen molar-refractivity contribution in [3.8, 4) is 0 Å². The number of nitrogens with one attached hydrogen (secondary N) is 1. The van der Waals surface area contributed by atoms with E-state index in [9.17, 15) is 19.2 Å². The summed E-state index contributed by atoms with van der Waals surface area (Å²) in [6.07, 6.45) is 3.26. The van der Waals surface area contributed by atoms with Crippen LogP contribution in [-0.2, 0) is 30.3 Å². The van der Waals surface area contributed by atoms with E-state index >= 15 is 0 Å². The fourth-order valence-electron chi connectivity index (χ4n) is 3.97. The fraction of sp³-hybridized carbons (Fsp3) is 0.615. The molecular formula is C26H37NO6. The van der Waals surface area contributed by atoms with E-state index in [-0.39, 0.29) is 49.5 Å². The van der Waals surface area contributed by atoms with Crippen molar-refractivity contribution in [2.75, 3.05) is 20.3 Å². The van der Waals surface area contributed by atoms with Gasteiger partial charge in [-0.1, -0.05) is 50.6 Å². The maximum absolute atomic E-state index is 13.2. The lowest BCUT2D eigenvalue weighted by Gasteiger charge is -2.25. The highest BCUT2D eigenvalue weighted by Gasteiger charge is 2.33. The lowest BCUT2D eigenvalue weighted by molar-refractivity contribution is -0.141. The minimum Gasteiger partial charge on any atom is -0.447 e. The Bertz CT molecular complexity index is 787. The summed E-state index contributed by atoms with van der Waals surface area (Å²) in [5.41, 5.74) is 0.896. The van der Waals surface area contributed by atoms with Crippen LogP contribution in [0.2, 0.25) is 0 Å². The predicted octanol–water partition coefficient (Wildman–Crippen LogP) is 3.92. The zero-order valence-corrected chi connectivity index (χ0v) is 20.0. The van der Waals surface area contributed by atoms with Crippen molar-refractivity contribution in [1.82, 2.24) is 5.32 Å². The largest absolute Gasteiger partial charge is 0.447 e. The molecule has 0 heterocycles. The predicted molar refractivity (Wildman–Crippen MR) is 125 cm³/mol. The molecule has 0 aromatic heterocycles. The second kappa shape index (κ2) is 13.9. The van der Waals surface area contributed by atoms with Crippen LogP contribution in [0.15, 0.2) is 30.3 Å². The van der Waals surface area contributed by atoms with Gasteiger partial charge in [-0.3, -0.25) is 14.4 Å². The Morgan fingerprint density at radius 1 is 1.06 bits per heavy atom. The highest BCUT2D eigenvalue weighted by atomic mass is 16.6. The number of benzene rings is 1. The van der Waals surface area contributed by atoms with Gasteiger partial charge in [-0.05, 0) is 43.1 Å². The van der Waals surface area contributed by atoms with Gasteiger partial charge in [0.05, 0.1) is 12.6 Å². The van der Waals surface area contributed by atoms with Gasteiger partial charge in [0.15, 0.2) is 11.6 Å². The number of Topliss-reactive ketones (excluding diaryl/α,β-unsaturated/α-hetero) is 3. The van der Waals surface area contributed by atoms with Crippen LogP contribution >= 0.6 is 0 Å². The summed E-state index contributed by atoms with van der Waals surface area (Å²) in [6.45, 7) is 4.24. The quantitative estimate of drug-likeness (QED) is 0.315. The molecule has 0 unspecified atom stereocenters. The molecule has 1 amide bonds. The van der Waals surface area contributed by atoms with Gasteiger partial charge in [-0.2, -0.15) is 0 Å². The zero-order chi connectivity index (χ0) is 24.2. The van der Waals surface area contributed by atoms with E-state index in [1.54, 1.807) is 0 Å². The first-order valence-corrected chi connectivity index (χ1v) is 11.9. The Hall–Kier alpha value is -2.54. The summed E-state index contributed by atoms with van der Waals surface area (Å²) in [7, 11) is 1.50. The van der Waals surface area contributed by atoms with Crippen molar-refractivity contribution in [1.29, 1.82) is 0 Å². The van der Waals surface area contributed by atoms with Gasteiger partial charge in [0.2, 0.25) is 5.78 Å². The van der Waals surface area contributed by atoms with Crippen molar-refractivity contribution in [3.63, 3.8) is 0 Å². The van der Waals surface area contributed by atoms with Gasteiger partial charge in [-0.25, -0.2) is 4.79 Å². The maximum atomic E-state index is 13.2. The molecule has 7 heteroatoms. The van der Waals surface area contributed by atoms with Crippen LogP contribution in [0.1, 0.15) is 57.9 Å². The van der Waals surface area contributed by atoms with E-state index in [1.165, 1.54) is 7.11 Å². The number of carbonyl (C=O) groups is 4. The molecule has 182 valence electrons. The van der Waals surface area contributed by atoms with Crippen LogP contribution in [0, 0.1) is 17.8 Å². The molecule has 0 spiro atoms. The molecule has 0 radical (unpaired) electrons. The number of hydrogen-bond acceptors (Lipinski definition) is 6. The zero-order valence-electron chi connectivity index (χ0n) is 20.0. The third-order valence-electron chi connectivity index (χ3n) is 6.03. The molecule has 0 bridgehead atoms. The number of alkyl carbamates (subject to hydrolysis) is 1. The van der Waals surface area contributed by atoms with E-state index in [1.807, 2.05) is 44.2 Å². The molecule has 1 aromatic rings. The van der Waals surface area contributed by atoms with Crippen LogP contribution in [0.5, 0.6) is 0 Å². The Balaban J connectivity index is 2.10. The first-order valence-electron chi connectivity index (χ1n) is 11.9. The smallest absolute Gasteiger partial charge is 0.407 e. The first kappa shape index (κ1) is 26.7. The van der Waals surface area contributed by atoms with Gasteiger partial charge in [0, 0.05) is 25.9 Å². The third kappa shape index (κ3) is 9.46. The van der Waals surface area contributed by atoms with E-state index in [0.29, 0.717) is 12.8 Å². The summed E-state index contributed by atoms with van der Waals surface area (Å²) in [6, 6.07) is 8.61. The molecule has 0 aliphatic heterocycles. The average molecular weight is 460 g/mol. The van der Waals surface area contributed by atoms with Crippen molar-refractivity contribution in [2.45, 2.75) is 64.8 Å². The average Bonchev–Trinajstić information content (AvgIpc) is 2.75. The lowest BCUT2D eigenvalue weighted by Crippen LogP contribution is -2.44. The molecular weight excluding hydrogens is 422 g/mol. The SMILES string of the molecule is COCCOC(=O)N[C@@H](CC(C)C)C(=O)C[C@@H](Cc1ccccc1)C(=O)C(=O)CC1CCC1. The topological polar surface area (TPSA) is 98.8 Å². The summed E-state index contributed by atoms with van der Waals surface area (Å²) in [5.74, 6) is -1.45. The molecule has 2 rings (SSSR count). The van der Waals surface area contributed by atoms with Crippen molar-refractivity contribution < 1.29 is 28.7 Å². The summed E-state index contributed by atoms with van der Waals surface area (Å²) >= 11 is 0. The molecule has 1 saturated carbocycles. The van der Waals surface area contributed by atoms with Crippen LogP contribution < -0.4 is 5.32 Å². The number of amides is 1. The number of rotatable bonds is 15. The van der Waals surface area contributed by atoms with Gasteiger partial charge in [-0.15, -0.1) is 0 Å². The highest BCUT2D eigenvalue weighted by Crippen LogP contribution is 2.30. The third-order valence-corrected chi connectivity index (χ3v) is 6.03. The Morgan fingerprint density at radius 2 is 1.76 bits per heavy atom. The number of carbonyl (C=O) groups excluding carboxylic acids is 4. The molecule has 1 aliphatic rings. The van der Waals surface area contributed by atoms with Gasteiger partial charge < -0.3 is 14.8 Å². The number of methoxy groups -OCH3 is 1. The van der Waals surface area contributed by atoms with E-state index in [2.05, 4.69) is 5.32 Å². The van der Waals surface area contributed by atoms with Crippen molar-refractivity contribution >= 4 is 23.4 Å². The monoisotopic (exact) mass is 459 g/mol. The molecule has 7 nitrogen and oxygen atoms in total. The second-order valence-electron chi connectivity index (χ2n) is 9.30. The van der Waals surface area contributed by atoms with E-state index in [4.69, 9.17) is 9.47 Å². The second-order valence-corrected chi connectivity index (χ2v) is 9.30. The normalized spacial score (nSPS) is 15.4. The Morgan fingerprint density at radius 3 is 2.33 bits per heavy atom. The van der Waals surface area contributed by atoms with E-state index in [0.717, 1.165) is 24.8 Å². The number of ether oxygens (including phenoxy) is 2. The highest BCUT2D eigenvalue weighted by molar-refractivity contribution is 6.38. The summed E-state index contributed by atoms with van der Waals surface area (Å²) < 4.78 is 9.91. The van der Waals surface area contributed by atoms with Crippen molar-refractivity contribution in [3.05, 3.63) is 35.9 Å². The van der Waals surface area contributed by atoms with Crippen LogP contribution in [0.3, 0.4) is 0 Å².